The Morgan fingerprint density at radius 3 is 2.35 bits per heavy atom. The van der Waals surface area contributed by atoms with Crippen molar-refractivity contribution < 1.29 is 4.43 Å². The number of halogens is 1. The van der Waals surface area contributed by atoms with Gasteiger partial charge in [0.1, 0.15) is 0 Å². The highest BCUT2D eigenvalue weighted by molar-refractivity contribution is 9.08. The summed E-state index contributed by atoms with van der Waals surface area (Å²) in [6, 6.07) is 6.55. The number of hydrogen-bond acceptors (Lipinski definition) is 1. The lowest BCUT2D eigenvalue weighted by Crippen LogP contribution is -2.18. The first kappa shape index (κ1) is 14.9. The molecule has 0 fully saturated rings. The van der Waals surface area contributed by atoms with Crippen LogP contribution in [-0.4, -0.2) is 9.04 Å². The van der Waals surface area contributed by atoms with E-state index in [1.54, 1.807) is 0 Å². The molecule has 1 aromatic carbocycles. The molecule has 0 aromatic heterocycles. The van der Waals surface area contributed by atoms with Gasteiger partial charge in [0, 0.05) is 5.33 Å². The van der Waals surface area contributed by atoms with E-state index in [1.807, 2.05) is 0 Å². The minimum absolute atomic E-state index is 0.172. The van der Waals surface area contributed by atoms with Crippen LogP contribution in [-0.2, 0) is 21.8 Å². The fraction of sp³-hybridized carbons (Fsp3) is 0.571. The number of rotatable bonds is 4. The molecule has 1 radical (unpaired) electrons. The Labute approximate surface area is 115 Å². The fourth-order valence-electron chi connectivity index (χ4n) is 1.85. The third-order valence-electron chi connectivity index (χ3n) is 2.73. The second-order valence-electron chi connectivity index (χ2n) is 5.52. The SMILES string of the molecule is C[Si](C)OCc1c(CBr)cccc1C(C)(C)C. The molecule has 95 valence electrons. The van der Waals surface area contributed by atoms with Crippen LogP contribution in [0.3, 0.4) is 0 Å². The minimum atomic E-state index is -0.633. The van der Waals surface area contributed by atoms with Crippen LogP contribution in [0.2, 0.25) is 13.1 Å². The van der Waals surface area contributed by atoms with Crippen molar-refractivity contribution in [2.24, 2.45) is 0 Å². The summed E-state index contributed by atoms with van der Waals surface area (Å²) in [6.07, 6.45) is 0. The van der Waals surface area contributed by atoms with Gasteiger partial charge in [-0.1, -0.05) is 54.9 Å². The zero-order valence-electron chi connectivity index (χ0n) is 11.4. The lowest BCUT2D eigenvalue weighted by atomic mass is 9.82. The highest BCUT2D eigenvalue weighted by Gasteiger charge is 2.19. The van der Waals surface area contributed by atoms with Crippen molar-refractivity contribution in [2.75, 3.05) is 0 Å². The van der Waals surface area contributed by atoms with Crippen molar-refractivity contribution in [3.63, 3.8) is 0 Å². The summed E-state index contributed by atoms with van der Waals surface area (Å²) in [6.45, 7) is 11.9. The zero-order chi connectivity index (χ0) is 13.1. The van der Waals surface area contributed by atoms with E-state index in [4.69, 9.17) is 4.43 Å². The van der Waals surface area contributed by atoms with Crippen molar-refractivity contribution in [1.82, 2.24) is 0 Å². The van der Waals surface area contributed by atoms with Gasteiger partial charge >= 0.3 is 0 Å². The standard InChI is InChI=1S/C14H22BrOSi/c1-14(2,3)13-8-6-7-11(9-15)12(13)10-16-17(4)5/h6-8H,9-10H2,1-5H3. The lowest BCUT2D eigenvalue weighted by molar-refractivity contribution is 0.310. The number of alkyl halides is 1. The summed E-state index contributed by atoms with van der Waals surface area (Å²) in [5, 5.41) is 0.894. The van der Waals surface area contributed by atoms with Gasteiger partial charge in [0.05, 0.1) is 6.61 Å². The van der Waals surface area contributed by atoms with E-state index >= 15 is 0 Å². The summed E-state index contributed by atoms with van der Waals surface area (Å²) in [5.74, 6) is 0. The summed E-state index contributed by atoms with van der Waals surface area (Å²) in [5.41, 5.74) is 4.28. The molecule has 1 rings (SSSR count). The molecule has 0 amide bonds. The van der Waals surface area contributed by atoms with E-state index < -0.39 is 9.04 Å². The monoisotopic (exact) mass is 313 g/mol. The maximum absolute atomic E-state index is 5.89. The largest absolute Gasteiger partial charge is 0.413 e. The molecule has 0 bridgehead atoms. The second-order valence-corrected chi connectivity index (χ2v) is 8.19. The summed E-state index contributed by atoms with van der Waals surface area (Å²) >= 11 is 3.57. The zero-order valence-corrected chi connectivity index (χ0v) is 14.0. The molecule has 0 unspecified atom stereocenters. The molecule has 0 atom stereocenters. The van der Waals surface area contributed by atoms with Crippen molar-refractivity contribution in [2.45, 2.75) is 51.2 Å². The quantitative estimate of drug-likeness (QED) is 0.581. The summed E-state index contributed by atoms with van der Waals surface area (Å²) in [4.78, 5) is 0. The maximum Gasteiger partial charge on any atom is 0.205 e. The lowest BCUT2D eigenvalue weighted by Gasteiger charge is -2.25. The molecule has 0 aliphatic heterocycles. The van der Waals surface area contributed by atoms with Gasteiger partial charge in [-0.05, 0) is 35.2 Å². The van der Waals surface area contributed by atoms with E-state index in [9.17, 15) is 0 Å². The van der Waals surface area contributed by atoms with Crippen LogP contribution in [0, 0.1) is 0 Å². The van der Waals surface area contributed by atoms with Crippen LogP contribution in [0.1, 0.15) is 37.5 Å². The summed E-state index contributed by atoms with van der Waals surface area (Å²) in [7, 11) is -0.633. The Kier molecular flexibility index (Phi) is 5.42. The van der Waals surface area contributed by atoms with E-state index in [-0.39, 0.29) is 5.41 Å². The van der Waals surface area contributed by atoms with Crippen LogP contribution in [0.25, 0.3) is 0 Å². The molecule has 0 saturated heterocycles. The van der Waals surface area contributed by atoms with Crippen LogP contribution in [0.4, 0.5) is 0 Å². The third kappa shape index (κ3) is 4.23. The number of benzene rings is 1. The van der Waals surface area contributed by atoms with Gasteiger partial charge in [-0.25, -0.2) is 0 Å². The first-order valence-corrected chi connectivity index (χ1v) is 9.49. The van der Waals surface area contributed by atoms with Gasteiger partial charge in [-0.3, -0.25) is 0 Å². The van der Waals surface area contributed by atoms with Crippen molar-refractivity contribution in [1.29, 1.82) is 0 Å². The summed E-state index contributed by atoms with van der Waals surface area (Å²) < 4.78 is 5.89. The highest BCUT2D eigenvalue weighted by atomic mass is 79.9. The van der Waals surface area contributed by atoms with Crippen molar-refractivity contribution >= 4 is 25.0 Å². The molecule has 0 N–H and O–H groups in total. The molecular formula is C14H22BrOSi. The first-order valence-electron chi connectivity index (χ1n) is 5.96. The van der Waals surface area contributed by atoms with Gasteiger partial charge in [0.2, 0.25) is 9.04 Å². The fourth-order valence-corrected chi connectivity index (χ4v) is 2.81. The number of hydrogen-bond donors (Lipinski definition) is 0. The first-order chi connectivity index (χ1) is 7.86. The molecule has 0 spiro atoms. The Hall–Kier alpha value is -0.123. The smallest absolute Gasteiger partial charge is 0.205 e. The molecule has 0 aliphatic carbocycles. The van der Waals surface area contributed by atoms with Crippen LogP contribution >= 0.6 is 15.9 Å². The van der Waals surface area contributed by atoms with Gasteiger partial charge in [-0.2, -0.15) is 0 Å². The Bertz CT molecular complexity index is 369. The van der Waals surface area contributed by atoms with E-state index in [0.717, 1.165) is 11.9 Å². The predicted octanol–water partition coefficient (Wildman–Crippen LogP) is 4.65. The van der Waals surface area contributed by atoms with Gasteiger partial charge in [0.25, 0.3) is 0 Å². The predicted molar refractivity (Wildman–Crippen MR) is 80.0 cm³/mol. The average Bonchev–Trinajstić information content (AvgIpc) is 2.24. The Morgan fingerprint density at radius 2 is 1.88 bits per heavy atom. The van der Waals surface area contributed by atoms with Crippen LogP contribution in [0.15, 0.2) is 18.2 Å². The normalized spacial score (nSPS) is 12.2. The van der Waals surface area contributed by atoms with E-state index in [0.29, 0.717) is 0 Å². The highest BCUT2D eigenvalue weighted by Crippen LogP contribution is 2.29. The van der Waals surface area contributed by atoms with E-state index in [2.05, 4.69) is 68.0 Å². The van der Waals surface area contributed by atoms with E-state index in [1.165, 1.54) is 16.7 Å². The Balaban J connectivity index is 3.12. The Morgan fingerprint density at radius 1 is 1.24 bits per heavy atom. The molecule has 0 aliphatic rings. The molecule has 1 aromatic rings. The van der Waals surface area contributed by atoms with Crippen molar-refractivity contribution in [3.8, 4) is 0 Å². The third-order valence-corrected chi connectivity index (χ3v) is 4.06. The van der Waals surface area contributed by atoms with Crippen LogP contribution < -0.4 is 0 Å². The topological polar surface area (TPSA) is 9.23 Å². The van der Waals surface area contributed by atoms with Gasteiger partial charge < -0.3 is 4.43 Å². The second kappa shape index (κ2) is 6.16. The molecule has 0 saturated carbocycles. The van der Waals surface area contributed by atoms with Gasteiger partial charge in [0.15, 0.2) is 0 Å². The molecule has 3 heteroatoms. The molecular weight excluding hydrogens is 292 g/mol. The molecule has 0 heterocycles. The van der Waals surface area contributed by atoms with Crippen LogP contribution in [0.5, 0.6) is 0 Å². The average molecular weight is 314 g/mol. The molecule has 1 nitrogen and oxygen atoms in total. The van der Waals surface area contributed by atoms with Crippen molar-refractivity contribution in [3.05, 3.63) is 34.9 Å². The molecule has 17 heavy (non-hydrogen) atoms. The maximum atomic E-state index is 5.89. The van der Waals surface area contributed by atoms with Gasteiger partial charge in [-0.15, -0.1) is 0 Å². The minimum Gasteiger partial charge on any atom is -0.413 e.